The van der Waals surface area contributed by atoms with E-state index in [1.54, 1.807) is 0 Å². The largest absolute Gasteiger partial charge is 0.423 e. The molecule has 11 heavy (non-hydrogen) atoms. The molecule has 0 aliphatic carbocycles. The van der Waals surface area contributed by atoms with E-state index in [9.17, 15) is 26.3 Å². The number of aliphatic hydroxyl groups is 1. The predicted octanol–water partition coefficient (Wildman–Crippen LogP) is 0.647. The fourth-order valence-corrected chi connectivity index (χ4v) is 0.186. The summed E-state index contributed by atoms with van der Waals surface area (Å²) in [7, 11) is 0. The lowest BCUT2D eigenvalue weighted by Gasteiger charge is -2.16. The summed E-state index contributed by atoms with van der Waals surface area (Å²) in [6.45, 7) is 0. The van der Waals surface area contributed by atoms with Crippen LogP contribution < -0.4 is 0 Å². The zero-order valence-corrected chi connectivity index (χ0v) is 4.79. The van der Waals surface area contributed by atoms with E-state index < -0.39 is 18.5 Å². The number of hydrogen-bond acceptors (Lipinski definition) is 1. The van der Waals surface area contributed by atoms with Gasteiger partial charge in [-0.2, -0.15) is 26.3 Å². The molecule has 0 saturated carbocycles. The molecule has 0 spiro atoms. The molecule has 0 amide bonds. The minimum Gasteiger partial charge on any atom is -0.412 e. The third-order valence-electron chi connectivity index (χ3n) is 0.620. The molecule has 2 nitrogen and oxygen atoms in total. The Hall–Kier alpha value is -0.500. The van der Waals surface area contributed by atoms with Crippen LogP contribution in [0.1, 0.15) is 0 Å². The smallest absolute Gasteiger partial charge is 0.412 e. The summed E-state index contributed by atoms with van der Waals surface area (Å²) in [4.78, 5) is 0. The summed E-state index contributed by atoms with van der Waals surface area (Å²) in [6.07, 6.45) is -15.5. The predicted molar refractivity (Wildman–Crippen MR) is 21.7 cm³/mol. The van der Waals surface area contributed by atoms with Crippen molar-refractivity contribution in [2.75, 3.05) is 0 Å². The molecule has 0 unspecified atom stereocenters. The molecule has 0 aromatic heterocycles. The number of rotatable bonds is 0. The minimum absolute atomic E-state index is 0. The Kier molecular flexibility index (Phi) is 3.89. The summed E-state index contributed by atoms with van der Waals surface area (Å²) < 4.78 is 65.9. The fraction of sp³-hybridized carbons (Fsp3) is 1.00. The molecule has 8 heteroatoms. The Labute approximate surface area is 56.7 Å². The van der Waals surface area contributed by atoms with E-state index in [1.165, 1.54) is 0 Å². The first-order chi connectivity index (χ1) is 4.15. The monoisotopic (exact) mass is 186 g/mol. The highest BCUT2D eigenvalue weighted by atomic mass is 19.4. The van der Waals surface area contributed by atoms with E-state index in [-0.39, 0.29) is 5.48 Å². The van der Waals surface area contributed by atoms with Crippen molar-refractivity contribution in [3.63, 3.8) is 0 Å². The maximum Gasteiger partial charge on any atom is 0.423 e. The van der Waals surface area contributed by atoms with Crippen LogP contribution in [0.2, 0.25) is 0 Å². The molecule has 0 atom stereocenters. The van der Waals surface area contributed by atoms with Crippen LogP contribution in [0.3, 0.4) is 0 Å². The van der Waals surface area contributed by atoms with Gasteiger partial charge in [-0.25, -0.2) is 0 Å². The van der Waals surface area contributed by atoms with Crippen LogP contribution in [0.4, 0.5) is 26.3 Å². The van der Waals surface area contributed by atoms with Crippen LogP contribution in [0.5, 0.6) is 0 Å². The summed E-state index contributed by atoms with van der Waals surface area (Å²) in [6, 6.07) is 0. The average molecular weight is 186 g/mol. The highest BCUT2D eigenvalue weighted by molar-refractivity contribution is 4.72. The van der Waals surface area contributed by atoms with Crippen LogP contribution in [0.15, 0.2) is 0 Å². The lowest BCUT2D eigenvalue weighted by molar-refractivity contribution is -0.308. The molecule has 3 N–H and O–H groups in total. The molecule has 0 aromatic rings. The van der Waals surface area contributed by atoms with Crippen molar-refractivity contribution in [1.29, 1.82) is 0 Å². The van der Waals surface area contributed by atoms with Crippen LogP contribution in [-0.2, 0) is 0 Å². The van der Waals surface area contributed by atoms with Gasteiger partial charge in [0.05, 0.1) is 0 Å². The Morgan fingerprint density at radius 2 is 1.00 bits per heavy atom. The van der Waals surface area contributed by atoms with Gasteiger partial charge in [-0.3, -0.25) is 0 Å². The summed E-state index contributed by atoms with van der Waals surface area (Å²) in [5.74, 6) is 0. The fourth-order valence-electron chi connectivity index (χ4n) is 0.186. The number of aliphatic hydroxyl groups excluding tert-OH is 1. The minimum atomic E-state index is -5.63. The van der Waals surface area contributed by atoms with Gasteiger partial charge in [-0.1, -0.05) is 0 Å². The van der Waals surface area contributed by atoms with E-state index in [0.29, 0.717) is 0 Å². The third-order valence-corrected chi connectivity index (χ3v) is 0.620. The Balaban J connectivity index is 0. The maximum atomic E-state index is 11.0. The molecular weight excluding hydrogens is 182 g/mol. The van der Waals surface area contributed by atoms with Crippen LogP contribution >= 0.6 is 0 Å². The first-order valence-corrected chi connectivity index (χ1v) is 1.97. The van der Waals surface area contributed by atoms with Gasteiger partial charge in [0.1, 0.15) is 0 Å². The zero-order valence-electron chi connectivity index (χ0n) is 4.79. The van der Waals surface area contributed by atoms with Crippen LogP contribution in [0, 0.1) is 0 Å². The number of alkyl halides is 6. The molecule has 0 heterocycles. The first kappa shape index (κ1) is 13.1. The highest BCUT2D eigenvalue weighted by Gasteiger charge is 2.55. The lowest BCUT2D eigenvalue weighted by atomic mass is 10.3. The summed E-state index contributed by atoms with van der Waals surface area (Å²) >= 11 is 0. The second-order valence-corrected chi connectivity index (χ2v) is 1.49. The molecule has 70 valence electrons. The van der Waals surface area contributed by atoms with Gasteiger partial charge in [0.25, 0.3) is 0 Å². The van der Waals surface area contributed by atoms with Crippen molar-refractivity contribution in [1.82, 2.24) is 0 Å². The molecule has 0 saturated heterocycles. The van der Waals surface area contributed by atoms with Crippen molar-refractivity contribution >= 4 is 0 Å². The second-order valence-electron chi connectivity index (χ2n) is 1.49. The van der Waals surface area contributed by atoms with Crippen molar-refractivity contribution in [2.24, 2.45) is 0 Å². The van der Waals surface area contributed by atoms with Gasteiger partial charge in [0.2, 0.25) is 6.10 Å². The quantitative estimate of drug-likeness (QED) is 0.554. The van der Waals surface area contributed by atoms with E-state index in [4.69, 9.17) is 5.11 Å². The van der Waals surface area contributed by atoms with Gasteiger partial charge < -0.3 is 10.6 Å². The average Bonchev–Trinajstić information content (AvgIpc) is 1.59. The van der Waals surface area contributed by atoms with Crippen LogP contribution in [0.25, 0.3) is 0 Å². The molecular formula is C3H4F6O2. The summed E-state index contributed by atoms with van der Waals surface area (Å²) in [5.41, 5.74) is 0. The summed E-state index contributed by atoms with van der Waals surface area (Å²) in [5, 5.41) is 7.47. The van der Waals surface area contributed by atoms with Gasteiger partial charge in [0, 0.05) is 0 Å². The standard InChI is InChI=1S/C3H2F6O.H2O/c4-2(5,6)1(10)3(7,8)9;/h1,10H;1H2. The molecule has 0 radical (unpaired) electrons. The number of halogens is 6. The van der Waals surface area contributed by atoms with Crippen LogP contribution in [-0.4, -0.2) is 29.0 Å². The van der Waals surface area contributed by atoms with Crippen molar-refractivity contribution < 1.29 is 36.9 Å². The molecule has 0 bridgehead atoms. The Bertz CT molecular complexity index is 100.0. The maximum absolute atomic E-state index is 11.0. The van der Waals surface area contributed by atoms with Crippen molar-refractivity contribution in [3.8, 4) is 0 Å². The number of hydrogen-bond donors (Lipinski definition) is 1. The van der Waals surface area contributed by atoms with E-state index in [2.05, 4.69) is 0 Å². The topological polar surface area (TPSA) is 51.7 Å². The van der Waals surface area contributed by atoms with E-state index in [0.717, 1.165) is 0 Å². The second kappa shape index (κ2) is 3.26. The SMILES string of the molecule is O.OC(C(F)(F)F)C(F)(F)F. The zero-order chi connectivity index (χ0) is 8.58. The van der Waals surface area contributed by atoms with E-state index >= 15 is 0 Å². The van der Waals surface area contributed by atoms with Crippen molar-refractivity contribution in [3.05, 3.63) is 0 Å². The Morgan fingerprint density at radius 3 is 1.00 bits per heavy atom. The molecule has 0 aliphatic rings. The first-order valence-electron chi connectivity index (χ1n) is 1.97. The molecule has 0 rings (SSSR count). The van der Waals surface area contributed by atoms with Gasteiger partial charge in [-0.15, -0.1) is 0 Å². The molecule has 0 fully saturated rings. The Morgan fingerprint density at radius 1 is 0.818 bits per heavy atom. The van der Waals surface area contributed by atoms with E-state index in [1.807, 2.05) is 0 Å². The normalized spacial score (nSPS) is 13.1. The van der Waals surface area contributed by atoms with Gasteiger partial charge in [-0.05, 0) is 0 Å². The molecule has 0 aliphatic heterocycles. The lowest BCUT2D eigenvalue weighted by Crippen LogP contribution is -2.41. The van der Waals surface area contributed by atoms with Gasteiger partial charge in [0.15, 0.2) is 0 Å². The highest BCUT2D eigenvalue weighted by Crippen LogP contribution is 2.32. The van der Waals surface area contributed by atoms with Crippen molar-refractivity contribution in [2.45, 2.75) is 18.5 Å². The third kappa shape index (κ3) is 4.04. The molecule has 0 aromatic carbocycles. The van der Waals surface area contributed by atoms with Gasteiger partial charge >= 0.3 is 12.4 Å².